The standard InChI is InChI=1S/C14H12BrFN2O2/c1-8-11(15)12(14(5-6-14)13(19)20)17-18(8)10-4-2-3-9(16)7-10/h2-4,7H,5-6H2,1H3,(H,19,20). The van der Waals surface area contributed by atoms with E-state index in [-0.39, 0.29) is 5.82 Å². The summed E-state index contributed by atoms with van der Waals surface area (Å²) in [4.78, 5) is 11.4. The molecule has 0 bridgehead atoms. The van der Waals surface area contributed by atoms with Gasteiger partial charge in [0.05, 0.1) is 21.5 Å². The summed E-state index contributed by atoms with van der Waals surface area (Å²) in [5.41, 5.74) is 0.975. The van der Waals surface area contributed by atoms with Crippen molar-refractivity contribution in [2.45, 2.75) is 25.2 Å². The molecular formula is C14H12BrFN2O2. The number of carboxylic acids is 1. The summed E-state index contributed by atoms with van der Waals surface area (Å²) in [6.45, 7) is 1.82. The van der Waals surface area contributed by atoms with Crippen molar-refractivity contribution >= 4 is 21.9 Å². The summed E-state index contributed by atoms with van der Waals surface area (Å²) >= 11 is 3.42. The van der Waals surface area contributed by atoms with Crippen LogP contribution in [0.4, 0.5) is 4.39 Å². The summed E-state index contributed by atoms with van der Waals surface area (Å²) in [5, 5.41) is 13.8. The number of nitrogens with zero attached hydrogens (tertiary/aromatic N) is 2. The number of hydrogen-bond donors (Lipinski definition) is 1. The highest BCUT2D eigenvalue weighted by Crippen LogP contribution is 2.50. The number of benzene rings is 1. The third-order valence-electron chi connectivity index (χ3n) is 3.71. The first-order valence-electron chi connectivity index (χ1n) is 6.20. The molecule has 104 valence electrons. The van der Waals surface area contributed by atoms with Gasteiger partial charge in [0.1, 0.15) is 11.2 Å². The molecule has 0 atom stereocenters. The van der Waals surface area contributed by atoms with Gasteiger partial charge in [-0.1, -0.05) is 6.07 Å². The van der Waals surface area contributed by atoms with E-state index in [1.807, 2.05) is 6.92 Å². The molecule has 3 rings (SSSR count). The molecule has 1 fully saturated rings. The average Bonchev–Trinajstić information content (AvgIpc) is 3.15. The van der Waals surface area contributed by atoms with Gasteiger partial charge in [0, 0.05) is 0 Å². The highest BCUT2D eigenvalue weighted by molar-refractivity contribution is 9.10. The van der Waals surface area contributed by atoms with E-state index in [0.29, 0.717) is 28.7 Å². The fraction of sp³-hybridized carbons (Fsp3) is 0.286. The van der Waals surface area contributed by atoms with Crippen LogP contribution in [0.25, 0.3) is 5.69 Å². The molecule has 0 radical (unpaired) electrons. The summed E-state index contributed by atoms with van der Waals surface area (Å²) in [5.74, 6) is -1.21. The summed E-state index contributed by atoms with van der Waals surface area (Å²) < 4.78 is 15.6. The zero-order valence-corrected chi connectivity index (χ0v) is 12.3. The van der Waals surface area contributed by atoms with Gasteiger partial charge in [0.25, 0.3) is 0 Å². The molecule has 1 aromatic heterocycles. The normalized spacial score (nSPS) is 16.1. The van der Waals surface area contributed by atoms with Crippen molar-refractivity contribution in [3.8, 4) is 5.69 Å². The molecule has 1 aliphatic rings. The van der Waals surface area contributed by atoms with Crippen LogP contribution in [0.15, 0.2) is 28.7 Å². The second-order valence-corrected chi connectivity index (χ2v) is 5.82. The molecule has 6 heteroatoms. The smallest absolute Gasteiger partial charge is 0.315 e. The number of rotatable bonds is 3. The lowest BCUT2D eigenvalue weighted by atomic mass is 10.0. The molecule has 0 spiro atoms. The van der Waals surface area contributed by atoms with Gasteiger partial charge in [-0.2, -0.15) is 5.10 Å². The number of carbonyl (C=O) groups is 1. The summed E-state index contributed by atoms with van der Waals surface area (Å²) in [7, 11) is 0. The Morgan fingerprint density at radius 3 is 2.75 bits per heavy atom. The Kier molecular flexibility index (Phi) is 2.93. The number of carboxylic acid groups (broad SMARTS) is 1. The van der Waals surface area contributed by atoms with E-state index in [4.69, 9.17) is 0 Å². The minimum Gasteiger partial charge on any atom is -0.481 e. The van der Waals surface area contributed by atoms with Crippen molar-refractivity contribution in [2.24, 2.45) is 0 Å². The van der Waals surface area contributed by atoms with Crippen LogP contribution >= 0.6 is 15.9 Å². The van der Waals surface area contributed by atoms with Gasteiger partial charge < -0.3 is 5.11 Å². The second kappa shape index (κ2) is 4.41. The van der Waals surface area contributed by atoms with E-state index >= 15 is 0 Å². The lowest BCUT2D eigenvalue weighted by Gasteiger charge is -2.06. The fourth-order valence-electron chi connectivity index (χ4n) is 2.33. The zero-order valence-electron chi connectivity index (χ0n) is 10.7. The lowest BCUT2D eigenvalue weighted by molar-refractivity contribution is -0.140. The predicted octanol–water partition coefficient (Wildman–Crippen LogP) is 3.20. The van der Waals surface area contributed by atoms with E-state index in [9.17, 15) is 14.3 Å². The van der Waals surface area contributed by atoms with E-state index in [1.165, 1.54) is 12.1 Å². The maximum atomic E-state index is 13.3. The van der Waals surface area contributed by atoms with Crippen LogP contribution in [-0.2, 0) is 10.2 Å². The van der Waals surface area contributed by atoms with Crippen molar-refractivity contribution in [1.29, 1.82) is 0 Å². The Morgan fingerprint density at radius 2 is 2.20 bits per heavy atom. The van der Waals surface area contributed by atoms with Crippen LogP contribution in [0.2, 0.25) is 0 Å². The molecule has 4 nitrogen and oxygen atoms in total. The molecule has 20 heavy (non-hydrogen) atoms. The first-order chi connectivity index (χ1) is 9.45. The summed E-state index contributed by atoms with van der Waals surface area (Å²) in [6.07, 6.45) is 1.17. The molecule has 0 saturated heterocycles. The van der Waals surface area contributed by atoms with E-state index in [1.54, 1.807) is 16.8 Å². The van der Waals surface area contributed by atoms with E-state index in [2.05, 4.69) is 21.0 Å². The van der Waals surface area contributed by atoms with Gasteiger partial charge in [-0.3, -0.25) is 4.79 Å². The van der Waals surface area contributed by atoms with Crippen LogP contribution in [0.3, 0.4) is 0 Å². The van der Waals surface area contributed by atoms with E-state index in [0.717, 1.165) is 5.69 Å². The van der Waals surface area contributed by atoms with Gasteiger partial charge in [-0.05, 0) is 53.9 Å². The molecule has 0 amide bonds. The Balaban J connectivity index is 2.14. The number of hydrogen-bond acceptors (Lipinski definition) is 2. The number of halogens is 2. The van der Waals surface area contributed by atoms with Gasteiger partial charge in [0.2, 0.25) is 0 Å². The highest BCUT2D eigenvalue weighted by Gasteiger charge is 2.55. The molecule has 0 aliphatic heterocycles. The van der Waals surface area contributed by atoms with Crippen molar-refractivity contribution in [2.75, 3.05) is 0 Å². The molecular weight excluding hydrogens is 327 g/mol. The molecule has 1 aromatic carbocycles. The maximum absolute atomic E-state index is 13.3. The Bertz CT molecular complexity index is 707. The molecule has 0 unspecified atom stereocenters. The third kappa shape index (κ3) is 1.86. The molecule has 1 aliphatic carbocycles. The monoisotopic (exact) mass is 338 g/mol. The van der Waals surface area contributed by atoms with Crippen molar-refractivity contribution in [1.82, 2.24) is 9.78 Å². The molecule has 1 heterocycles. The van der Waals surface area contributed by atoms with Crippen molar-refractivity contribution < 1.29 is 14.3 Å². The van der Waals surface area contributed by atoms with Gasteiger partial charge >= 0.3 is 5.97 Å². The minimum atomic E-state index is -0.887. The SMILES string of the molecule is Cc1c(Br)c(C2(C(=O)O)CC2)nn1-c1cccc(F)c1. The number of aliphatic carboxylic acids is 1. The highest BCUT2D eigenvalue weighted by atomic mass is 79.9. The van der Waals surface area contributed by atoms with Gasteiger partial charge in [-0.25, -0.2) is 9.07 Å². The topological polar surface area (TPSA) is 55.1 Å². The average molecular weight is 339 g/mol. The van der Waals surface area contributed by atoms with Crippen LogP contribution in [0.5, 0.6) is 0 Å². The van der Waals surface area contributed by atoms with E-state index < -0.39 is 11.4 Å². The van der Waals surface area contributed by atoms with Crippen LogP contribution in [0, 0.1) is 12.7 Å². The van der Waals surface area contributed by atoms with Gasteiger partial charge in [-0.15, -0.1) is 0 Å². The molecule has 1 saturated carbocycles. The van der Waals surface area contributed by atoms with Crippen LogP contribution in [-0.4, -0.2) is 20.9 Å². The van der Waals surface area contributed by atoms with Gasteiger partial charge in [0.15, 0.2) is 0 Å². The predicted molar refractivity (Wildman–Crippen MR) is 74.5 cm³/mol. The first kappa shape index (κ1) is 13.3. The minimum absolute atomic E-state index is 0.352. The van der Waals surface area contributed by atoms with Crippen molar-refractivity contribution in [3.63, 3.8) is 0 Å². The first-order valence-corrected chi connectivity index (χ1v) is 7.00. The third-order valence-corrected chi connectivity index (χ3v) is 4.66. The second-order valence-electron chi connectivity index (χ2n) is 5.03. The van der Waals surface area contributed by atoms with Crippen LogP contribution in [0.1, 0.15) is 24.2 Å². The Hall–Kier alpha value is -1.69. The lowest BCUT2D eigenvalue weighted by Crippen LogP contribution is -2.20. The molecule has 1 N–H and O–H groups in total. The molecule has 2 aromatic rings. The fourth-order valence-corrected chi connectivity index (χ4v) is 2.95. The number of aromatic nitrogens is 2. The largest absolute Gasteiger partial charge is 0.481 e. The quantitative estimate of drug-likeness (QED) is 0.934. The zero-order chi connectivity index (χ0) is 14.5. The summed E-state index contributed by atoms with van der Waals surface area (Å²) in [6, 6.07) is 6.07. The van der Waals surface area contributed by atoms with Crippen LogP contribution < -0.4 is 0 Å². The van der Waals surface area contributed by atoms with Crippen molar-refractivity contribution in [3.05, 3.63) is 45.9 Å². The Labute approximate surface area is 123 Å². The maximum Gasteiger partial charge on any atom is 0.315 e. The Morgan fingerprint density at radius 1 is 1.50 bits per heavy atom.